The van der Waals surface area contributed by atoms with Crippen molar-refractivity contribution in [3.8, 4) is 6.07 Å². The molecule has 0 aliphatic carbocycles. The number of carbonyl (C=O) groups excluding carboxylic acids is 1. The zero-order valence-corrected chi connectivity index (χ0v) is 15.5. The molecule has 1 N–H and O–H groups in total. The van der Waals surface area contributed by atoms with Gasteiger partial charge in [-0.3, -0.25) is 10.2 Å². The van der Waals surface area contributed by atoms with E-state index in [0.717, 1.165) is 25.9 Å². The summed E-state index contributed by atoms with van der Waals surface area (Å²) in [6, 6.07) is 8.17. The van der Waals surface area contributed by atoms with Crippen LogP contribution in [0.5, 0.6) is 0 Å². The van der Waals surface area contributed by atoms with Crippen molar-refractivity contribution < 1.29 is 13.2 Å². The van der Waals surface area contributed by atoms with E-state index in [1.165, 1.54) is 22.9 Å². The summed E-state index contributed by atoms with van der Waals surface area (Å²) in [5, 5.41) is 11.1. The predicted octanol–water partition coefficient (Wildman–Crippen LogP) is 1.48. The minimum atomic E-state index is -3.71. The van der Waals surface area contributed by atoms with Crippen LogP contribution < -0.4 is 5.43 Å². The van der Waals surface area contributed by atoms with E-state index in [9.17, 15) is 13.2 Å². The molecule has 26 heavy (non-hydrogen) atoms. The molecule has 2 saturated heterocycles. The Labute approximate surface area is 154 Å². The summed E-state index contributed by atoms with van der Waals surface area (Å²) < 4.78 is 27.0. The lowest BCUT2D eigenvalue weighted by molar-refractivity contribution is -0.131. The number of hydrogen-bond acceptors (Lipinski definition) is 5. The molecule has 0 atom stereocenters. The number of sulfonamides is 1. The maximum absolute atomic E-state index is 12.8. The molecular formula is C18H24N4O3S. The van der Waals surface area contributed by atoms with E-state index in [1.54, 1.807) is 12.1 Å². The van der Waals surface area contributed by atoms with Gasteiger partial charge in [-0.2, -0.15) is 9.57 Å². The minimum Gasteiger partial charge on any atom is -0.289 e. The molecule has 0 bridgehead atoms. The van der Waals surface area contributed by atoms with Crippen LogP contribution in [0.2, 0.25) is 0 Å². The van der Waals surface area contributed by atoms with Crippen LogP contribution >= 0.6 is 0 Å². The van der Waals surface area contributed by atoms with Crippen LogP contribution in [0.25, 0.3) is 0 Å². The Balaban J connectivity index is 1.61. The van der Waals surface area contributed by atoms with Crippen LogP contribution in [0.1, 0.15) is 37.7 Å². The Morgan fingerprint density at radius 1 is 1.08 bits per heavy atom. The highest BCUT2D eigenvalue weighted by molar-refractivity contribution is 7.89. The van der Waals surface area contributed by atoms with Gasteiger partial charge in [-0.05, 0) is 37.8 Å². The van der Waals surface area contributed by atoms with E-state index in [2.05, 4.69) is 5.43 Å². The second-order valence-corrected chi connectivity index (χ2v) is 8.72. The number of hydrazine groups is 1. The Bertz CT molecular complexity index is 789. The van der Waals surface area contributed by atoms with Crippen molar-refractivity contribution in [3.63, 3.8) is 0 Å². The van der Waals surface area contributed by atoms with Crippen molar-refractivity contribution in [1.29, 1.82) is 5.26 Å². The summed E-state index contributed by atoms with van der Waals surface area (Å²) >= 11 is 0. The molecule has 1 amide bonds. The van der Waals surface area contributed by atoms with Crippen molar-refractivity contribution in [1.82, 2.24) is 14.7 Å². The lowest BCUT2D eigenvalue weighted by Gasteiger charge is -2.33. The van der Waals surface area contributed by atoms with Crippen LogP contribution in [0, 0.1) is 17.2 Å². The monoisotopic (exact) mass is 376 g/mol. The van der Waals surface area contributed by atoms with Crippen LogP contribution in [-0.4, -0.2) is 49.8 Å². The molecule has 1 aromatic carbocycles. The number of rotatable bonds is 4. The summed E-state index contributed by atoms with van der Waals surface area (Å²) in [6.07, 6.45) is 4.37. The first-order valence-corrected chi connectivity index (χ1v) is 10.5. The minimum absolute atomic E-state index is 0.0126. The molecule has 140 valence electrons. The van der Waals surface area contributed by atoms with Gasteiger partial charge in [0.05, 0.1) is 10.5 Å². The van der Waals surface area contributed by atoms with Gasteiger partial charge in [0.15, 0.2) is 0 Å². The average molecular weight is 376 g/mol. The first-order chi connectivity index (χ1) is 12.5. The van der Waals surface area contributed by atoms with E-state index in [4.69, 9.17) is 5.26 Å². The molecule has 7 nitrogen and oxygen atoms in total. The largest absolute Gasteiger partial charge is 0.289 e. The SMILES string of the molecule is N#Cc1ccccc1S(=O)(=O)N1CCC(C(=O)NN2CCCCC2)CC1. The molecule has 0 saturated carbocycles. The summed E-state index contributed by atoms with van der Waals surface area (Å²) in [5.41, 5.74) is 3.13. The molecule has 0 spiro atoms. The Morgan fingerprint density at radius 3 is 2.38 bits per heavy atom. The van der Waals surface area contributed by atoms with Crippen molar-refractivity contribution in [2.24, 2.45) is 5.92 Å². The summed E-state index contributed by atoms with van der Waals surface area (Å²) in [4.78, 5) is 12.5. The van der Waals surface area contributed by atoms with Gasteiger partial charge in [0.2, 0.25) is 15.9 Å². The Kier molecular flexibility index (Phi) is 5.91. The molecule has 2 aliphatic heterocycles. The molecular weight excluding hydrogens is 352 g/mol. The smallest absolute Gasteiger partial charge is 0.244 e. The standard InChI is InChI=1S/C18H24N4O3S/c19-14-16-6-2-3-7-17(16)26(24,25)22-12-8-15(9-13-22)18(23)20-21-10-4-1-5-11-21/h2-3,6-7,15H,1,4-5,8-13H2,(H,20,23). The number of carbonyl (C=O) groups is 1. The van der Waals surface area contributed by atoms with Gasteiger partial charge in [-0.1, -0.05) is 18.6 Å². The van der Waals surface area contributed by atoms with E-state index in [1.807, 2.05) is 11.1 Å². The van der Waals surface area contributed by atoms with Crippen molar-refractivity contribution in [2.45, 2.75) is 37.0 Å². The van der Waals surface area contributed by atoms with Gasteiger partial charge < -0.3 is 0 Å². The number of piperidine rings is 2. The van der Waals surface area contributed by atoms with Crippen LogP contribution in [-0.2, 0) is 14.8 Å². The Morgan fingerprint density at radius 2 is 1.73 bits per heavy atom. The highest BCUT2D eigenvalue weighted by Gasteiger charge is 2.33. The second kappa shape index (κ2) is 8.16. The number of nitrogens with zero attached hydrogens (tertiary/aromatic N) is 3. The maximum Gasteiger partial charge on any atom is 0.244 e. The lowest BCUT2D eigenvalue weighted by Crippen LogP contribution is -2.49. The van der Waals surface area contributed by atoms with Gasteiger partial charge in [-0.15, -0.1) is 0 Å². The highest BCUT2D eigenvalue weighted by atomic mass is 32.2. The van der Waals surface area contributed by atoms with Crippen LogP contribution in [0.3, 0.4) is 0 Å². The van der Waals surface area contributed by atoms with E-state index < -0.39 is 10.0 Å². The summed E-state index contributed by atoms with van der Waals surface area (Å²) in [7, 11) is -3.71. The number of nitriles is 1. The normalized spacial score (nSPS) is 20.4. The zero-order valence-electron chi connectivity index (χ0n) is 14.7. The van der Waals surface area contributed by atoms with Crippen LogP contribution in [0.4, 0.5) is 0 Å². The van der Waals surface area contributed by atoms with Gasteiger partial charge in [0, 0.05) is 32.1 Å². The second-order valence-electron chi connectivity index (χ2n) is 6.81. The van der Waals surface area contributed by atoms with Crippen LogP contribution in [0.15, 0.2) is 29.2 Å². The molecule has 2 fully saturated rings. The highest BCUT2D eigenvalue weighted by Crippen LogP contribution is 2.26. The fraction of sp³-hybridized carbons (Fsp3) is 0.556. The maximum atomic E-state index is 12.8. The topological polar surface area (TPSA) is 93.5 Å². The average Bonchev–Trinajstić information content (AvgIpc) is 2.68. The quantitative estimate of drug-likeness (QED) is 0.859. The third-order valence-corrected chi connectivity index (χ3v) is 7.03. The number of hydrogen-bond donors (Lipinski definition) is 1. The third kappa shape index (κ3) is 4.06. The van der Waals surface area contributed by atoms with Crippen molar-refractivity contribution in [2.75, 3.05) is 26.2 Å². The van der Waals surface area contributed by atoms with E-state index in [-0.39, 0.29) is 22.3 Å². The molecule has 0 aromatic heterocycles. The first-order valence-electron chi connectivity index (χ1n) is 9.07. The zero-order chi connectivity index (χ0) is 18.6. The van der Waals surface area contributed by atoms with Gasteiger partial charge in [-0.25, -0.2) is 13.4 Å². The molecule has 0 radical (unpaired) electrons. The summed E-state index contributed by atoms with van der Waals surface area (Å²) in [6.45, 7) is 2.34. The number of amides is 1. The summed E-state index contributed by atoms with van der Waals surface area (Å²) in [5.74, 6) is -0.184. The molecule has 8 heteroatoms. The third-order valence-electron chi connectivity index (χ3n) is 5.07. The van der Waals surface area contributed by atoms with Gasteiger partial charge in [0.25, 0.3) is 0 Å². The lowest BCUT2D eigenvalue weighted by atomic mass is 9.97. The molecule has 3 rings (SSSR count). The fourth-order valence-electron chi connectivity index (χ4n) is 3.53. The van der Waals surface area contributed by atoms with Crippen molar-refractivity contribution >= 4 is 15.9 Å². The van der Waals surface area contributed by atoms with E-state index in [0.29, 0.717) is 25.9 Å². The predicted molar refractivity (Wildman–Crippen MR) is 96.2 cm³/mol. The fourth-order valence-corrected chi connectivity index (χ4v) is 5.15. The molecule has 2 heterocycles. The molecule has 1 aromatic rings. The molecule has 0 unspecified atom stereocenters. The van der Waals surface area contributed by atoms with Gasteiger partial charge in [0.1, 0.15) is 6.07 Å². The van der Waals surface area contributed by atoms with Crippen molar-refractivity contribution in [3.05, 3.63) is 29.8 Å². The van der Waals surface area contributed by atoms with Gasteiger partial charge >= 0.3 is 0 Å². The Hall–Kier alpha value is -1.95. The number of benzene rings is 1. The van der Waals surface area contributed by atoms with E-state index >= 15 is 0 Å². The molecule has 2 aliphatic rings. The number of nitrogens with one attached hydrogen (secondary N) is 1. The first kappa shape index (κ1) is 18.8.